The molecule has 0 saturated carbocycles. The molecule has 0 amide bonds. The van der Waals surface area contributed by atoms with Crippen molar-refractivity contribution in [2.24, 2.45) is 0 Å². The molecule has 198 valence electrons. The Morgan fingerprint density at radius 2 is 1.71 bits per heavy atom. The molecular formula is C27H29ClN6O3S. The highest BCUT2D eigenvalue weighted by molar-refractivity contribution is 6.99. The number of anilines is 3. The highest BCUT2D eigenvalue weighted by Crippen LogP contribution is 2.33. The van der Waals surface area contributed by atoms with Crippen LogP contribution in [-0.2, 0) is 6.61 Å². The van der Waals surface area contributed by atoms with E-state index in [1.54, 1.807) is 6.20 Å². The van der Waals surface area contributed by atoms with Crippen molar-refractivity contribution >= 4 is 41.5 Å². The summed E-state index contributed by atoms with van der Waals surface area (Å²) in [6.07, 6.45) is 1.75. The van der Waals surface area contributed by atoms with Crippen molar-refractivity contribution in [3.05, 3.63) is 78.5 Å². The van der Waals surface area contributed by atoms with Gasteiger partial charge in [-0.1, -0.05) is 42.5 Å². The van der Waals surface area contributed by atoms with Crippen molar-refractivity contribution in [3.63, 3.8) is 0 Å². The maximum atomic E-state index is 6.15. The Morgan fingerprint density at radius 3 is 2.55 bits per heavy atom. The predicted octanol–water partition coefficient (Wildman–Crippen LogP) is 4.64. The minimum absolute atomic E-state index is 0. The molecule has 11 heteroatoms. The number of nitrogens with zero attached hydrogens (tertiary/aromatic N) is 5. The zero-order valence-electron chi connectivity index (χ0n) is 20.7. The summed E-state index contributed by atoms with van der Waals surface area (Å²) in [5.74, 6) is 3.75. The largest absolute Gasteiger partial charge is 0.486 e. The number of hydrogen-bond donors (Lipinski definition) is 1. The molecule has 4 aromatic rings. The third-order valence-corrected chi connectivity index (χ3v) is 6.93. The minimum atomic E-state index is 0. The third kappa shape index (κ3) is 6.09. The number of piperazine rings is 1. The van der Waals surface area contributed by atoms with Crippen LogP contribution >= 0.6 is 24.1 Å². The molecule has 0 spiro atoms. The van der Waals surface area contributed by atoms with E-state index in [9.17, 15) is 0 Å². The van der Waals surface area contributed by atoms with Gasteiger partial charge in [-0.25, -0.2) is 4.98 Å². The molecular weight excluding hydrogens is 524 g/mol. The lowest BCUT2D eigenvalue weighted by Gasteiger charge is -2.37. The molecule has 38 heavy (non-hydrogen) atoms. The molecule has 2 aliphatic rings. The van der Waals surface area contributed by atoms with Crippen molar-refractivity contribution in [2.45, 2.75) is 12.7 Å². The van der Waals surface area contributed by atoms with E-state index in [2.05, 4.69) is 28.8 Å². The van der Waals surface area contributed by atoms with E-state index in [0.717, 1.165) is 67.1 Å². The molecule has 1 atom stereocenters. The fraction of sp³-hybridized carbons (Fsp3) is 0.296. The Labute approximate surface area is 232 Å². The molecule has 0 aliphatic carbocycles. The van der Waals surface area contributed by atoms with Crippen molar-refractivity contribution < 1.29 is 14.2 Å². The Morgan fingerprint density at radius 1 is 0.921 bits per heavy atom. The number of rotatable bonds is 8. The number of benzene rings is 2. The summed E-state index contributed by atoms with van der Waals surface area (Å²) in [6, 6.07) is 21.7. The van der Waals surface area contributed by atoms with E-state index in [0.29, 0.717) is 19.1 Å². The SMILES string of the molecule is Cl.c1ccc(COc2ncccc2Nc2nsnc2N2CCN(C[C@H]3COc4ccccc4O3)CC2)cc1. The van der Waals surface area contributed by atoms with Gasteiger partial charge in [0.05, 0.1) is 11.7 Å². The molecule has 2 aromatic carbocycles. The van der Waals surface area contributed by atoms with Gasteiger partial charge in [0, 0.05) is 38.9 Å². The first-order chi connectivity index (χ1) is 18.3. The highest BCUT2D eigenvalue weighted by atomic mass is 35.5. The third-order valence-electron chi connectivity index (χ3n) is 6.41. The van der Waals surface area contributed by atoms with E-state index < -0.39 is 0 Å². The number of fused-ring (bicyclic) bond motifs is 1. The molecule has 1 saturated heterocycles. The lowest BCUT2D eigenvalue weighted by Crippen LogP contribution is -2.50. The van der Waals surface area contributed by atoms with Crippen LogP contribution in [0.1, 0.15) is 5.56 Å². The van der Waals surface area contributed by atoms with Gasteiger partial charge in [-0.05, 0) is 29.8 Å². The smallest absolute Gasteiger partial charge is 0.238 e. The van der Waals surface area contributed by atoms with Gasteiger partial charge in [0.1, 0.15) is 25.0 Å². The molecule has 6 rings (SSSR count). The molecule has 0 unspecified atom stereocenters. The van der Waals surface area contributed by atoms with Crippen LogP contribution < -0.4 is 24.4 Å². The average molecular weight is 553 g/mol. The van der Waals surface area contributed by atoms with Crippen LogP contribution in [0.2, 0.25) is 0 Å². The number of pyridine rings is 1. The average Bonchev–Trinajstić information content (AvgIpc) is 3.41. The molecule has 0 bridgehead atoms. The number of aromatic nitrogens is 3. The standard InChI is InChI=1S/C27H28N6O3S.ClH/c1-2-7-20(8-3-1)18-35-27-22(9-6-12-28-27)29-25-26(31-37-30-25)33-15-13-32(14-16-33)17-21-19-34-23-10-4-5-11-24(23)36-21;/h1-12,21H,13-19H2,(H,29,30);1H/t21-;/m0./s1. The summed E-state index contributed by atoms with van der Waals surface area (Å²) < 4.78 is 27.2. The Hall–Kier alpha value is -3.60. The van der Waals surface area contributed by atoms with Crippen molar-refractivity contribution in [2.75, 3.05) is 49.5 Å². The van der Waals surface area contributed by atoms with Crippen LogP contribution in [0.15, 0.2) is 72.9 Å². The molecule has 1 N–H and O–H groups in total. The Kier molecular flexibility index (Phi) is 8.42. The zero-order chi connectivity index (χ0) is 24.9. The fourth-order valence-electron chi connectivity index (χ4n) is 4.51. The second-order valence-corrected chi connectivity index (χ2v) is 9.51. The molecule has 4 heterocycles. The number of halogens is 1. The van der Waals surface area contributed by atoms with Crippen LogP contribution in [0.3, 0.4) is 0 Å². The normalized spacial score (nSPS) is 16.9. The first-order valence-electron chi connectivity index (χ1n) is 12.4. The van der Waals surface area contributed by atoms with Crippen LogP contribution in [0, 0.1) is 0 Å². The van der Waals surface area contributed by atoms with Crippen molar-refractivity contribution in [1.82, 2.24) is 18.6 Å². The van der Waals surface area contributed by atoms with Gasteiger partial charge in [-0.15, -0.1) is 12.4 Å². The summed E-state index contributed by atoms with van der Waals surface area (Å²) in [4.78, 5) is 9.12. The summed E-state index contributed by atoms with van der Waals surface area (Å²) in [6.45, 7) is 5.39. The van der Waals surface area contributed by atoms with E-state index in [1.165, 1.54) is 11.7 Å². The summed E-state index contributed by atoms with van der Waals surface area (Å²) in [5, 5.41) is 3.40. The second-order valence-electron chi connectivity index (χ2n) is 8.98. The summed E-state index contributed by atoms with van der Waals surface area (Å²) in [7, 11) is 0. The van der Waals surface area contributed by atoms with E-state index >= 15 is 0 Å². The summed E-state index contributed by atoms with van der Waals surface area (Å²) in [5.41, 5.74) is 1.85. The Bertz CT molecular complexity index is 1320. The second kappa shape index (κ2) is 12.3. The minimum Gasteiger partial charge on any atom is -0.486 e. The fourth-order valence-corrected chi connectivity index (χ4v) is 5.04. The van der Waals surface area contributed by atoms with Gasteiger partial charge < -0.3 is 24.4 Å². The molecule has 9 nitrogen and oxygen atoms in total. The number of para-hydroxylation sites is 2. The van der Waals surface area contributed by atoms with E-state index in [-0.39, 0.29) is 18.5 Å². The van der Waals surface area contributed by atoms with Crippen LogP contribution in [-0.4, -0.2) is 64.1 Å². The van der Waals surface area contributed by atoms with Gasteiger partial charge >= 0.3 is 0 Å². The van der Waals surface area contributed by atoms with E-state index in [4.69, 9.17) is 14.2 Å². The maximum Gasteiger partial charge on any atom is 0.238 e. The summed E-state index contributed by atoms with van der Waals surface area (Å²) >= 11 is 1.20. The van der Waals surface area contributed by atoms with Gasteiger partial charge in [-0.3, -0.25) is 4.90 Å². The van der Waals surface area contributed by atoms with Gasteiger partial charge in [0.2, 0.25) is 5.88 Å². The van der Waals surface area contributed by atoms with Crippen molar-refractivity contribution in [3.8, 4) is 17.4 Å². The molecule has 2 aromatic heterocycles. The number of nitrogens with one attached hydrogen (secondary N) is 1. The lowest BCUT2D eigenvalue weighted by molar-refractivity contribution is 0.0571. The lowest BCUT2D eigenvalue weighted by atomic mass is 10.2. The first kappa shape index (κ1) is 26.0. The maximum absolute atomic E-state index is 6.15. The highest BCUT2D eigenvalue weighted by Gasteiger charge is 2.27. The first-order valence-corrected chi connectivity index (χ1v) is 13.1. The van der Waals surface area contributed by atoms with Crippen LogP contribution in [0.25, 0.3) is 0 Å². The molecule has 0 radical (unpaired) electrons. The number of ether oxygens (including phenoxy) is 3. The van der Waals surface area contributed by atoms with E-state index in [1.807, 2.05) is 66.7 Å². The zero-order valence-corrected chi connectivity index (χ0v) is 22.4. The predicted molar refractivity (Wildman–Crippen MR) is 150 cm³/mol. The van der Waals surface area contributed by atoms with Gasteiger partial charge in [0.15, 0.2) is 23.1 Å². The van der Waals surface area contributed by atoms with Crippen LogP contribution in [0.5, 0.6) is 17.4 Å². The topological polar surface area (TPSA) is 84.9 Å². The Balaban J connectivity index is 0.00000294. The quantitative estimate of drug-likeness (QED) is 0.336. The molecule has 1 fully saturated rings. The van der Waals surface area contributed by atoms with Gasteiger partial charge in [0.25, 0.3) is 0 Å². The number of hydrogen-bond acceptors (Lipinski definition) is 10. The van der Waals surface area contributed by atoms with Gasteiger partial charge in [-0.2, -0.15) is 8.75 Å². The van der Waals surface area contributed by atoms with Crippen molar-refractivity contribution in [1.29, 1.82) is 0 Å². The van der Waals surface area contributed by atoms with Crippen LogP contribution in [0.4, 0.5) is 17.3 Å². The monoisotopic (exact) mass is 552 g/mol. The molecule has 2 aliphatic heterocycles.